The zero-order valence-corrected chi connectivity index (χ0v) is 21.9. The van der Waals surface area contributed by atoms with Gasteiger partial charge in [-0.25, -0.2) is 0 Å². The Hall–Kier alpha value is -1.57. The van der Waals surface area contributed by atoms with Crippen LogP contribution in [0.3, 0.4) is 0 Å². The summed E-state index contributed by atoms with van der Waals surface area (Å²) >= 11 is -0.304. The fourth-order valence-electron chi connectivity index (χ4n) is 4.49. The van der Waals surface area contributed by atoms with Crippen molar-refractivity contribution in [3.05, 3.63) is 144 Å². The third-order valence-electron chi connectivity index (χ3n) is 5.68. The molecule has 0 unspecified atom stereocenters. The van der Waals surface area contributed by atoms with Crippen LogP contribution < -0.4 is 0 Å². The summed E-state index contributed by atoms with van der Waals surface area (Å²) in [6, 6.07) is 44.7. The van der Waals surface area contributed by atoms with Crippen LogP contribution in [-0.2, 0) is 17.5 Å². The molecule has 0 aliphatic carbocycles. The van der Waals surface area contributed by atoms with Crippen molar-refractivity contribution in [2.75, 3.05) is 0 Å². The van der Waals surface area contributed by atoms with Crippen LogP contribution >= 0.6 is 18.5 Å². The van der Waals surface area contributed by atoms with E-state index in [1.807, 2.05) is 0 Å². The molecular formula is C28H28ISb. The molecule has 0 spiro atoms. The second-order valence-corrected chi connectivity index (χ2v) is 40.7. The van der Waals surface area contributed by atoms with Crippen LogP contribution in [0.15, 0.2) is 121 Å². The summed E-state index contributed by atoms with van der Waals surface area (Å²) in [5.41, 5.74) is 5.93. The molecule has 0 saturated carbocycles. The number of hydrogen-bond donors (Lipinski definition) is 0. The van der Waals surface area contributed by atoms with E-state index < -0.39 is 13.4 Å². The van der Waals surface area contributed by atoms with Gasteiger partial charge < -0.3 is 0 Å². The van der Waals surface area contributed by atoms with E-state index in [2.05, 4.69) is 140 Å². The molecule has 0 fully saturated rings. The number of rotatable bonds is 8. The summed E-state index contributed by atoms with van der Waals surface area (Å²) in [4.78, 5) is 0. The Balaban J connectivity index is 1.83. The van der Waals surface area contributed by atoms with Crippen LogP contribution in [0, 0.1) is 0 Å². The Morgan fingerprint density at radius 1 is 0.367 bits per heavy atom. The van der Waals surface area contributed by atoms with E-state index in [-0.39, 0.29) is 0 Å². The fraction of sp³-hybridized carbons (Fsp3) is 0.143. The standard InChI is InChI=1S/4C7H7.HI.Sb/c4*1-7-5-3-2-4-6-7;;/h4*2-6H,1H2;1H;/q;;;;;+1/p-1. The molecule has 152 valence electrons. The molecule has 0 amide bonds. The van der Waals surface area contributed by atoms with E-state index >= 15 is 0 Å². The second-order valence-electron chi connectivity index (χ2n) is 8.39. The van der Waals surface area contributed by atoms with Crippen molar-refractivity contribution in [3.63, 3.8) is 0 Å². The Kier molecular flexibility index (Phi) is 7.00. The Labute approximate surface area is 191 Å². The molecule has 30 heavy (non-hydrogen) atoms. The van der Waals surface area contributed by atoms with Crippen LogP contribution in [0.5, 0.6) is 0 Å². The van der Waals surface area contributed by atoms with Crippen molar-refractivity contribution in [3.8, 4) is 0 Å². The van der Waals surface area contributed by atoms with E-state index in [1.165, 1.54) is 39.7 Å². The van der Waals surface area contributed by atoms with Crippen LogP contribution in [0.1, 0.15) is 22.3 Å². The van der Waals surface area contributed by atoms with Gasteiger partial charge in [0.1, 0.15) is 0 Å². The van der Waals surface area contributed by atoms with E-state index in [4.69, 9.17) is 0 Å². The normalized spacial score (nSPS) is 12.8. The van der Waals surface area contributed by atoms with Gasteiger partial charge in [-0.05, 0) is 0 Å². The van der Waals surface area contributed by atoms with Crippen molar-refractivity contribution in [1.82, 2.24) is 0 Å². The summed E-state index contributed by atoms with van der Waals surface area (Å²) in [5, 5.41) is 0. The molecule has 0 aromatic heterocycles. The predicted octanol–water partition coefficient (Wildman–Crippen LogP) is 7.45. The Bertz CT molecular complexity index is 869. The first-order chi connectivity index (χ1) is 14.6. The molecule has 0 N–H and O–H groups in total. The summed E-state index contributed by atoms with van der Waals surface area (Å²) in [7, 11) is 0. The molecule has 4 rings (SSSR count). The van der Waals surface area contributed by atoms with Gasteiger partial charge in [0.2, 0.25) is 0 Å². The quantitative estimate of drug-likeness (QED) is 0.143. The molecule has 4 aromatic rings. The van der Waals surface area contributed by atoms with Gasteiger partial charge in [-0.2, -0.15) is 0 Å². The predicted molar refractivity (Wildman–Crippen MR) is 140 cm³/mol. The van der Waals surface area contributed by atoms with Crippen molar-refractivity contribution in [2.45, 2.75) is 17.5 Å². The number of halogens is 1. The molecule has 2 heteroatoms. The molecule has 4 aromatic carbocycles. The van der Waals surface area contributed by atoms with Crippen molar-refractivity contribution < 1.29 is 0 Å². The van der Waals surface area contributed by atoms with Gasteiger partial charge in [-0.1, -0.05) is 0 Å². The van der Waals surface area contributed by atoms with Gasteiger partial charge in [-0.15, -0.1) is 0 Å². The molecule has 0 bridgehead atoms. The summed E-state index contributed by atoms with van der Waals surface area (Å²) in [6.07, 6.45) is 0. The second kappa shape index (κ2) is 9.71. The van der Waals surface area contributed by atoms with Crippen LogP contribution in [-0.4, -0.2) is 13.4 Å². The first-order valence-electron chi connectivity index (χ1n) is 10.5. The zero-order chi connectivity index (χ0) is 20.7. The first kappa shape index (κ1) is 21.7. The molecule has 0 saturated heterocycles. The van der Waals surface area contributed by atoms with Crippen LogP contribution in [0.25, 0.3) is 0 Å². The molecule has 0 nitrogen and oxygen atoms in total. The van der Waals surface area contributed by atoms with Crippen molar-refractivity contribution in [2.24, 2.45) is 0 Å². The maximum absolute atomic E-state index is 3.33. The first-order valence-corrected chi connectivity index (χ1v) is 25.1. The topological polar surface area (TPSA) is 0 Å². The van der Waals surface area contributed by atoms with Gasteiger partial charge in [0, 0.05) is 0 Å². The third kappa shape index (κ3) is 5.77. The molecule has 0 heterocycles. The minimum absolute atomic E-state index is 1.22. The Morgan fingerprint density at radius 3 is 0.767 bits per heavy atom. The van der Waals surface area contributed by atoms with E-state index in [1.54, 1.807) is 0 Å². The van der Waals surface area contributed by atoms with Crippen LogP contribution in [0.2, 0.25) is 0 Å². The fourth-order valence-corrected chi connectivity index (χ4v) is 29.8. The van der Waals surface area contributed by atoms with Gasteiger partial charge in [-0.3, -0.25) is 0 Å². The van der Waals surface area contributed by atoms with Crippen LogP contribution in [0.4, 0.5) is 0 Å². The van der Waals surface area contributed by atoms with E-state index in [0.717, 1.165) is 0 Å². The molecule has 0 aliphatic rings. The summed E-state index contributed by atoms with van der Waals surface area (Å²) in [6.45, 7) is 0. The third-order valence-corrected chi connectivity index (χ3v) is 28.0. The number of hydrogen-bond acceptors (Lipinski definition) is 0. The van der Waals surface area contributed by atoms with Crippen molar-refractivity contribution >= 4 is 31.9 Å². The maximum atomic E-state index is 3.02. The Morgan fingerprint density at radius 2 is 0.567 bits per heavy atom. The minimum atomic E-state index is -3.33. The van der Waals surface area contributed by atoms with E-state index in [0.29, 0.717) is 0 Å². The average Bonchev–Trinajstić information content (AvgIpc) is 2.76. The van der Waals surface area contributed by atoms with Crippen molar-refractivity contribution in [1.29, 1.82) is 0 Å². The van der Waals surface area contributed by atoms with Gasteiger partial charge in [0.05, 0.1) is 0 Å². The average molecular weight is 613 g/mol. The zero-order valence-electron chi connectivity index (χ0n) is 17.2. The molecule has 0 atom stereocenters. The van der Waals surface area contributed by atoms with E-state index in [9.17, 15) is 0 Å². The monoisotopic (exact) mass is 612 g/mol. The molecular weight excluding hydrogens is 585 g/mol. The molecule has 0 radical (unpaired) electrons. The number of benzene rings is 4. The van der Waals surface area contributed by atoms with Gasteiger partial charge in [0.15, 0.2) is 0 Å². The van der Waals surface area contributed by atoms with Gasteiger partial charge in [0.25, 0.3) is 0 Å². The summed E-state index contributed by atoms with van der Waals surface area (Å²) in [5.74, 6) is 0. The SMILES string of the molecule is [I][Sb]([CH2]c1ccccc1)([CH2]c1ccccc1)([CH2]c1ccccc1)[CH2]c1ccccc1. The summed E-state index contributed by atoms with van der Waals surface area (Å²) < 4.78 is 4.86. The molecule has 0 aliphatic heterocycles. The van der Waals surface area contributed by atoms with Gasteiger partial charge >= 0.3 is 193 Å².